The molecule has 0 saturated carbocycles. The molecular weight excluding hydrogens is 402 g/mol. The third-order valence-corrected chi connectivity index (χ3v) is 5.89. The van der Waals surface area contributed by atoms with Gasteiger partial charge < -0.3 is 19.4 Å². The summed E-state index contributed by atoms with van der Waals surface area (Å²) in [4.78, 5) is 17.1. The first-order valence-electron chi connectivity index (χ1n) is 11.5. The van der Waals surface area contributed by atoms with Crippen molar-refractivity contribution in [3.63, 3.8) is 0 Å². The Morgan fingerprint density at radius 3 is 2.69 bits per heavy atom. The molecule has 6 heteroatoms. The Bertz CT molecular complexity index is 1040. The molecule has 1 N–H and O–H groups in total. The van der Waals surface area contributed by atoms with E-state index in [1.54, 1.807) is 0 Å². The molecular formula is C26H33N3O3. The van der Waals surface area contributed by atoms with E-state index >= 15 is 0 Å². The van der Waals surface area contributed by atoms with Gasteiger partial charge in [0.25, 0.3) is 0 Å². The summed E-state index contributed by atoms with van der Waals surface area (Å²) in [5.74, 6) is 1.69. The number of amides is 1. The van der Waals surface area contributed by atoms with Crippen molar-refractivity contribution in [2.75, 3.05) is 13.2 Å². The van der Waals surface area contributed by atoms with E-state index in [9.17, 15) is 4.79 Å². The molecule has 2 heterocycles. The minimum absolute atomic E-state index is 0.0526. The maximum atomic E-state index is 12.4. The fourth-order valence-electron chi connectivity index (χ4n) is 4.04. The van der Waals surface area contributed by atoms with Crippen LogP contribution in [-0.2, 0) is 28.0 Å². The van der Waals surface area contributed by atoms with Gasteiger partial charge in [0.2, 0.25) is 5.91 Å². The van der Waals surface area contributed by atoms with E-state index in [0.29, 0.717) is 19.8 Å². The van der Waals surface area contributed by atoms with Crippen molar-refractivity contribution >= 4 is 16.9 Å². The summed E-state index contributed by atoms with van der Waals surface area (Å²) in [5.41, 5.74) is 3.44. The number of para-hydroxylation sites is 2. The van der Waals surface area contributed by atoms with E-state index in [2.05, 4.69) is 48.9 Å². The van der Waals surface area contributed by atoms with Crippen molar-refractivity contribution in [3.05, 3.63) is 59.9 Å². The van der Waals surface area contributed by atoms with E-state index in [0.717, 1.165) is 48.4 Å². The zero-order chi connectivity index (χ0) is 22.6. The maximum absolute atomic E-state index is 12.4. The Morgan fingerprint density at radius 2 is 1.97 bits per heavy atom. The highest BCUT2D eigenvalue weighted by atomic mass is 16.5. The molecule has 1 atom stereocenters. The molecule has 6 nitrogen and oxygen atoms in total. The lowest BCUT2D eigenvalue weighted by Crippen LogP contribution is -2.34. The van der Waals surface area contributed by atoms with Crippen molar-refractivity contribution in [1.29, 1.82) is 0 Å². The lowest BCUT2D eigenvalue weighted by molar-refractivity contribution is -0.130. The number of rotatable bonds is 8. The fraction of sp³-hybridized carbons (Fsp3) is 0.462. The van der Waals surface area contributed by atoms with Gasteiger partial charge in [-0.3, -0.25) is 4.79 Å². The van der Waals surface area contributed by atoms with Gasteiger partial charge in [-0.05, 0) is 54.5 Å². The van der Waals surface area contributed by atoms with Crippen molar-refractivity contribution in [3.8, 4) is 5.75 Å². The third kappa shape index (κ3) is 5.30. The van der Waals surface area contributed by atoms with Gasteiger partial charge in [-0.25, -0.2) is 4.98 Å². The smallest absolute Gasteiger partial charge is 0.249 e. The average molecular weight is 436 g/mol. The Labute approximate surface area is 189 Å². The summed E-state index contributed by atoms with van der Waals surface area (Å²) in [6, 6.07) is 16.4. The lowest BCUT2D eigenvalue weighted by atomic mass is 9.87. The predicted octanol–water partition coefficient (Wildman–Crippen LogP) is 4.60. The van der Waals surface area contributed by atoms with E-state index < -0.39 is 0 Å². The Balaban J connectivity index is 1.36. The van der Waals surface area contributed by atoms with Crippen molar-refractivity contribution < 1.29 is 14.3 Å². The van der Waals surface area contributed by atoms with E-state index in [1.807, 2.05) is 30.3 Å². The summed E-state index contributed by atoms with van der Waals surface area (Å²) < 4.78 is 13.6. The normalized spacial score (nSPS) is 16.4. The molecule has 32 heavy (non-hydrogen) atoms. The zero-order valence-electron chi connectivity index (χ0n) is 19.3. The molecule has 1 fully saturated rings. The topological polar surface area (TPSA) is 65.4 Å². The predicted molar refractivity (Wildman–Crippen MR) is 126 cm³/mol. The van der Waals surface area contributed by atoms with E-state index in [-0.39, 0.29) is 17.4 Å². The second kappa shape index (κ2) is 9.74. The largest absolute Gasteiger partial charge is 0.494 e. The van der Waals surface area contributed by atoms with Crippen LogP contribution in [0.3, 0.4) is 0 Å². The molecule has 1 aliphatic heterocycles. The van der Waals surface area contributed by atoms with Crippen LogP contribution in [0.5, 0.6) is 5.75 Å². The minimum Gasteiger partial charge on any atom is -0.494 e. The highest BCUT2D eigenvalue weighted by Crippen LogP contribution is 2.24. The zero-order valence-corrected chi connectivity index (χ0v) is 19.3. The number of aromatic nitrogens is 2. The first kappa shape index (κ1) is 22.3. The molecule has 1 aromatic heterocycles. The number of carbonyl (C=O) groups is 1. The molecule has 1 aliphatic rings. The summed E-state index contributed by atoms with van der Waals surface area (Å²) >= 11 is 0. The molecule has 3 aromatic rings. The van der Waals surface area contributed by atoms with Crippen LogP contribution in [-0.4, -0.2) is 34.8 Å². The van der Waals surface area contributed by atoms with Gasteiger partial charge in [-0.1, -0.05) is 45.0 Å². The van der Waals surface area contributed by atoms with Crippen LogP contribution in [0.4, 0.5) is 0 Å². The Kier molecular flexibility index (Phi) is 6.80. The highest BCUT2D eigenvalue weighted by Gasteiger charge is 2.23. The SMILES string of the molecule is CC(C)(C)c1ccc(OCCCn2c(CNC(=O)C3CCCO3)nc3ccccc32)cc1. The maximum Gasteiger partial charge on any atom is 0.249 e. The number of nitrogens with one attached hydrogen (secondary N) is 1. The van der Waals surface area contributed by atoms with E-state index in [1.165, 1.54) is 5.56 Å². The standard InChI is InChI=1S/C26H33N3O3/c1-26(2,3)19-11-13-20(14-12-19)31-17-7-15-29-22-9-5-4-8-21(22)28-24(29)18-27-25(30)23-10-6-16-32-23/h4-5,8-9,11-14,23H,6-7,10,15-18H2,1-3H3,(H,27,30). The van der Waals surface area contributed by atoms with Crippen LogP contribution < -0.4 is 10.1 Å². The molecule has 1 saturated heterocycles. The summed E-state index contributed by atoms with van der Waals surface area (Å²) in [5, 5.41) is 3.00. The summed E-state index contributed by atoms with van der Waals surface area (Å²) in [7, 11) is 0. The number of aryl methyl sites for hydroxylation is 1. The van der Waals surface area contributed by atoms with Crippen LogP contribution in [0, 0.1) is 0 Å². The van der Waals surface area contributed by atoms with Crippen LogP contribution in [0.2, 0.25) is 0 Å². The van der Waals surface area contributed by atoms with Crippen LogP contribution in [0.25, 0.3) is 11.0 Å². The molecule has 0 spiro atoms. The van der Waals surface area contributed by atoms with Gasteiger partial charge in [0.05, 0.1) is 24.2 Å². The third-order valence-electron chi connectivity index (χ3n) is 5.89. The quantitative estimate of drug-likeness (QED) is 0.525. The van der Waals surface area contributed by atoms with Crippen LogP contribution in [0.15, 0.2) is 48.5 Å². The molecule has 1 unspecified atom stereocenters. The monoisotopic (exact) mass is 435 g/mol. The van der Waals surface area contributed by atoms with Crippen LogP contribution >= 0.6 is 0 Å². The lowest BCUT2D eigenvalue weighted by Gasteiger charge is -2.19. The first-order chi connectivity index (χ1) is 15.4. The van der Waals surface area contributed by atoms with Gasteiger partial charge in [0, 0.05) is 13.2 Å². The number of imidazole rings is 1. The molecule has 170 valence electrons. The number of hydrogen-bond donors (Lipinski definition) is 1. The van der Waals surface area contributed by atoms with Gasteiger partial charge in [0.15, 0.2) is 0 Å². The van der Waals surface area contributed by atoms with Crippen molar-refractivity contribution in [2.24, 2.45) is 0 Å². The van der Waals surface area contributed by atoms with Crippen molar-refractivity contribution in [2.45, 2.75) is 64.6 Å². The summed E-state index contributed by atoms with van der Waals surface area (Å²) in [6.07, 6.45) is 2.24. The Hall–Kier alpha value is -2.86. The van der Waals surface area contributed by atoms with Gasteiger partial charge >= 0.3 is 0 Å². The number of carbonyl (C=O) groups excluding carboxylic acids is 1. The van der Waals surface area contributed by atoms with Crippen LogP contribution in [0.1, 0.15) is 51.4 Å². The minimum atomic E-state index is -0.328. The highest BCUT2D eigenvalue weighted by molar-refractivity contribution is 5.81. The number of fused-ring (bicyclic) bond motifs is 1. The van der Waals surface area contributed by atoms with Crippen molar-refractivity contribution in [1.82, 2.24) is 14.9 Å². The second-order valence-corrected chi connectivity index (χ2v) is 9.36. The number of hydrogen-bond acceptors (Lipinski definition) is 4. The first-order valence-corrected chi connectivity index (χ1v) is 11.5. The molecule has 0 bridgehead atoms. The number of benzene rings is 2. The molecule has 2 aromatic carbocycles. The Morgan fingerprint density at radius 1 is 1.19 bits per heavy atom. The molecule has 0 aliphatic carbocycles. The second-order valence-electron chi connectivity index (χ2n) is 9.36. The molecule has 0 radical (unpaired) electrons. The molecule has 4 rings (SSSR count). The molecule has 1 amide bonds. The van der Waals surface area contributed by atoms with Gasteiger partial charge in [0.1, 0.15) is 17.7 Å². The fourth-order valence-corrected chi connectivity index (χ4v) is 4.04. The average Bonchev–Trinajstić information content (AvgIpc) is 3.43. The summed E-state index contributed by atoms with van der Waals surface area (Å²) in [6.45, 7) is 9.06. The number of nitrogens with zero attached hydrogens (tertiary/aromatic N) is 2. The van der Waals surface area contributed by atoms with Gasteiger partial charge in [-0.15, -0.1) is 0 Å². The van der Waals surface area contributed by atoms with Gasteiger partial charge in [-0.2, -0.15) is 0 Å². The number of ether oxygens (including phenoxy) is 2. The van der Waals surface area contributed by atoms with E-state index in [4.69, 9.17) is 14.5 Å².